The van der Waals surface area contributed by atoms with Crippen molar-refractivity contribution in [1.82, 2.24) is 15.2 Å². The maximum absolute atomic E-state index is 11.2. The van der Waals surface area contributed by atoms with Crippen LogP contribution >= 0.6 is 0 Å². The Balaban J connectivity index is 2.05. The maximum atomic E-state index is 11.2. The molecule has 0 fully saturated rings. The molecule has 0 bridgehead atoms. The molecule has 6 nitrogen and oxygen atoms in total. The molecule has 0 aliphatic heterocycles. The topological polar surface area (TPSA) is 68.5 Å². The molecule has 0 radical (unpaired) electrons. The highest BCUT2D eigenvalue weighted by Crippen LogP contribution is 2.26. The highest BCUT2D eigenvalue weighted by Gasteiger charge is 2.13. The number of aromatic nitrogens is 2. The lowest BCUT2D eigenvalue weighted by Crippen LogP contribution is -2.16. The SMILES string of the molecule is COC(=O)N/N=C\c1cn(-c2ccccc2)nc1-c1ccc(C)cc1C. The highest BCUT2D eigenvalue weighted by molar-refractivity contribution is 5.90. The second-order valence-corrected chi connectivity index (χ2v) is 5.89. The molecule has 132 valence electrons. The van der Waals surface area contributed by atoms with Crippen LogP contribution in [0.1, 0.15) is 16.7 Å². The van der Waals surface area contributed by atoms with Crippen LogP contribution in [0.5, 0.6) is 0 Å². The minimum Gasteiger partial charge on any atom is -0.452 e. The third kappa shape index (κ3) is 3.80. The van der Waals surface area contributed by atoms with E-state index in [0.717, 1.165) is 28.1 Å². The molecule has 3 rings (SSSR count). The quantitative estimate of drug-likeness (QED) is 0.575. The summed E-state index contributed by atoms with van der Waals surface area (Å²) >= 11 is 0. The number of nitrogens with one attached hydrogen (secondary N) is 1. The minimum absolute atomic E-state index is 0.621. The number of aryl methyl sites for hydroxylation is 2. The number of benzene rings is 2. The number of carbonyl (C=O) groups excluding carboxylic acids is 1. The second kappa shape index (κ2) is 7.65. The Bertz CT molecular complexity index is 946. The van der Waals surface area contributed by atoms with Gasteiger partial charge in [-0.3, -0.25) is 0 Å². The third-order valence-electron chi connectivity index (χ3n) is 3.95. The molecular formula is C20H20N4O2. The first-order valence-electron chi connectivity index (χ1n) is 8.18. The Morgan fingerprint density at radius 2 is 1.96 bits per heavy atom. The zero-order valence-electron chi connectivity index (χ0n) is 14.9. The molecular weight excluding hydrogens is 328 g/mol. The number of methoxy groups -OCH3 is 1. The average Bonchev–Trinajstić information content (AvgIpc) is 3.06. The summed E-state index contributed by atoms with van der Waals surface area (Å²) in [5.41, 5.74) is 8.16. The molecule has 1 amide bonds. The van der Waals surface area contributed by atoms with Crippen LogP contribution in [0.25, 0.3) is 16.9 Å². The van der Waals surface area contributed by atoms with E-state index in [4.69, 9.17) is 5.10 Å². The normalized spacial score (nSPS) is 10.9. The van der Waals surface area contributed by atoms with Crippen molar-refractivity contribution in [3.63, 3.8) is 0 Å². The second-order valence-electron chi connectivity index (χ2n) is 5.89. The summed E-state index contributed by atoms with van der Waals surface area (Å²) in [5.74, 6) is 0. The summed E-state index contributed by atoms with van der Waals surface area (Å²) in [5, 5.41) is 8.69. The van der Waals surface area contributed by atoms with Gasteiger partial charge >= 0.3 is 6.09 Å². The van der Waals surface area contributed by atoms with Crippen molar-refractivity contribution in [2.75, 3.05) is 7.11 Å². The van der Waals surface area contributed by atoms with Gasteiger partial charge in [0.05, 0.1) is 19.0 Å². The van der Waals surface area contributed by atoms with Crippen LogP contribution < -0.4 is 5.43 Å². The molecule has 0 unspecified atom stereocenters. The van der Waals surface area contributed by atoms with Crippen molar-refractivity contribution >= 4 is 12.3 Å². The molecule has 6 heteroatoms. The Labute approximate surface area is 152 Å². The van der Waals surface area contributed by atoms with Crippen LogP contribution in [0, 0.1) is 13.8 Å². The van der Waals surface area contributed by atoms with Gasteiger partial charge in [0.25, 0.3) is 0 Å². The molecule has 0 saturated carbocycles. The largest absolute Gasteiger partial charge is 0.452 e. The average molecular weight is 348 g/mol. The van der Waals surface area contributed by atoms with Crippen LogP contribution in [0.4, 0.5) is 4.79 Å². The van der Waals surface area contributed by atoms with Crippen molar-refractivity contribution < 1.29 is 9.53 Å². The van der Waals surface area contributed by atoms with E-state index in [1.54, 1.807) is 10.9 Å². The number of nitrogens with zero attached hydrogens (tertiary/aromatic N) is 3. The molecule has 0 aliphatic carbocycles. The number of rotatable bonds is 4. The van der Waals surface area contributed by atoms with Crippen LogP contribution in [-0.4, -0.2) is 29.2 Å². The van der Waals surface area contributed by atoms with Gasteiger partial charge in [0, 0.05) is 17.3 Å². The smallest absolute Gasteiger partial charge is 0.427 e. The molecule has 2 aromatic carbocycles. The van der Waals surface area contributed by atoms with Crippen LogP contribution in [-0.2, 0) is 4.74 Å². The summed E-state index contributed by atoms with van der Waals surface area (Å²) in [7, 11) is 1.29. The maximum Gasteiger partial charge on any atom is 0.427 e. The summed E-state index contributed by atoms with van der Waals surface area (Å²) in [6.07, 6.45) is 2.83. The Morgan fingerprint density at radius 3 is 2.65 bits per heavy atom. The van der Waals surface area contributed by atoms with E-state index in [0.29, 0.717) is 0 Å². The summed E-state index contributed by atoms with van der Waals surface area (Å²) in [6.45, 7) is 4.11. The predicted molar refractivity (Wildman–Crippen MR) is 102 cm³/mol. The van der Waals surface area contributed by atoms with Gasteiger partial charge in [-0.05, 0) is 31.5 Å². The molecule has 0 atom stereocenters. The van der Waals surface area contributed by atoms with Gasteiger partial charge < -0.3 is 4.74 Å². The number of hydrogen-bond acceptors (Lipinski definition) is 4. The van der Waals surface area contributed by atoms with E-state index in [9.17, 15) is 4.79 Å². The van der Waals surface area contributed by atoms with E-state index >= 15 is 0 Å². The Kier molecular flexibility index (Phi) is 5.12. The standard InChI is InChI=1S/C20H20N4O2/c1-14-9-10-18(15(2)11-14)19-16(12-21-22-20(25)26-3)13-24(23-19)17-7-5-4-6-8-17/h4-13H,1-3H3,(H,22,25)/b21-12-. The summed E-state index contributed by atoms with van der Waals surface area (Å²) in [6, 6.07) is 16.1. The highest BCUT2D eigenvalue weighted by atomic mass is 16.5. The first-order valence-corrected chi connectivity index (χ1v) is 8.18. The third-order valence-corrected chi connectivity index (χ3v) is 3.95. The summed E-state index contributed by atoms with van der Waals surface area (Å²) in [4.78, 5) is 11.2. The Hall–Kier alpha value is -3.41. The lowest BCUT2D eigenvalue weighted by molar-refractivity contribution is 0.171. The zero-order chi connectivity index (χ0) is 18.5. The number of hydrogen-bond donors (Lipinski definition) is 1. The Morgan fingerprint density at radius 1 is 1.19 bits per heavy atom. The number of carbonyl (C=O) groups is 1. The van der Waals surface area contributed by atoms with E-state index in [1.165, 1.54) is 12.7 Å². The summed E-state index contributed by atoms with van der Waals surface area (Å²) < 4.78 is 6.32. The van der Waals surface area contributed by atoms with Crippen molar-refractivity contribution in [3.05, 3.63) is 71.4 Å². The van der Waals surface area contributed by atoms with Crippen LogP contribution in [0.3, 0.4) is 0 Å². The number of para-hydroxylation sites is 1. The van der Waals surface area contributed by atoms with Crippen molar-refractivity contribution in [1.29, 1.82) is 0 Å². The fourth-order valence-corrected chi connectivity index (χ4v) is 2.68. The fourth-order valence-electron chi connectivity index (χ4n) is 2.68. The zero-order valence-corrected chi connectivity index (χ0v) is 14.9. The lowest BCUT2D eigenvalue weighted by Gasteiger charge is -2.05. The molecule has 1 aromatic heterocycles. The van der Waals surface area contributed by atoms with Gasteiger partial charge in [0.15, 0.2) is 0 Å². The first kappa shape index (κ1) is 17.4. The fraction of sp³-hybridized carbons (Fsp3) is 0.150. The molecule has 0 saturated heterocycles. The van der Waals surface area contributed by atoms with Gasteiger partial charge in [-0.1, -0.05) is 42.0 Å². The van der Waals surface area contributed by atoms with Gasteiger partial charge in [-0.25, -0.2) is 14.9 Å². The monoisotopic (exact) mass is 348 g/mol. The van der Waals surface area contributed by atoms with Crippen molar-refractivity contribution in [2.24, 2.45) is 5.10 Å². The lowest BCUT2D eigenvalue weighted by atomic mass is 10.0. The number of hydrazone groups is 1. The van der Waals surface area contributed by atoms with Gasteiger partial charge in [-0.2, -0.15) is 10.2 Å². The van der Waals surface area contributed by atoms with E-state index < -0.39 is 6.09 Å². The van der Waals surface area contributed by atoms with Gasteiger partial charge in [-0.15, -0.1) is 0 Å². The predicted octanol–water partition coefficient (Wildman–Crippen LogP) is 3.85. The molecule has 0 spiro atoms. The number of amides is 1. The van der Waals surface area contributed by atoms with Crippen LogP contribution in [0.15, 0.2) is 59.8 Å². The van der Waals surface area contributed by atoms with E-state index in [2.05, 4.69) is 41.2 Å². The van der Waals surface area contributed by atoms with Crippen molar-refractivity contribution in [3.8, 4) is 16.9 Å². The molecule has 0 aliphatic rings. The van der Waals surface area contributed by atoms with E-state index in [-0.39, 0.29) is 0 Å². The molecule has 26 heavy (non-hydrogen) atoms. The first-order chi connectivity index (χ1) is 12.6. The molecule has 1 heterocycles. The minimum atomic E-state index is -0.621. The number of ether oxygens (including phenoxy) is 1. The van der Waals surface area contributed by atoms with Gasteiger partial charge in [0.1, 0.15) is 5.69 Å². The van der Waals surface area contributed by atoms with Crippen molar-refractivity contribution in [2.45, 2.75) is 13.8 Å². The molecule has 1 N–H and O–H groups in total. The van der Waals surface area contributed by atoms with Crippen LogP contribution in [0.2, 0.25) is 0 Å². The van der Waals surface area contributed by atoms with E-state index in [1.807, 2.05) is 42.6 Å². The molecule has 3 aromatic rings. The van der Waals surface area contributed by atoms with Gasteiger partial charge in [0.2, 0.25) is 0 Å².